The lowest BCUT2D eigenvalue weighted by molar-refractivity contribution is 0.776. The lowest BCUT2D eigenvalue weighted by atomic mass is 10.3. The van der Waals surface area contributed by atoms with Crippen molar-refractivity contribution in [2.24, 2.45) is 0 Å². The predicted molar refractivity (Wildman–Crippen MR) is 71.0 cm³/mol. The summed E-state index contributed by atoms with van der Waals surface area (Å²) in [6, 6.07) is 0. The fourth-order valence-electron chi connectivity index (χ4n) is 1.88. The number of hydrogen-bond acceptors (Lipinski definition) is 0. The van der Waals surface area contributed by atoms with Crippen molar-refractivity contribution in [1.29, 1.82) is 0 Å². The van der Waals surface area contributed by atoms with E-state index in [-0.39, 0.29) is 0 Å². The maximum absolute atomic E-state index is 6.40. The van der Waals surface area contributed by atoms with Gasteiger partial charge in [0.05, 0.1) is 10.6 Å². The summed E-state index contributed by atoms with van der Waals surface area (Å²) in [5.74, 6) is 1.95. The number of allylic oxidation sites excluding steroid dienone is 2. The molecule has 0 aliphatic carbocycles. The van der Waals surface area contributed by atoms with Crippen LogP contribution in [-0.4, -0.2) is 22.6 Å². The molecule has 0 nitrogen and oxygen atoms in total. The molecule has 1 aliphatic rings. The van der Waals surface area contributed by atoms with Gasteiger partial charge in [-0.05, 0) is 29.8 Å². The van der Waals surface area contributed by atoms with Gasteiger partial charge in [-0.2, -0.15) is 0 Å². The minimum Gasteiger partial charge on any atom is -0.204 e. The van der Waals surface area contributed by atoms with Crippen LogP contribution in [0, 0.1) is 0 Å². The molecule has 3 heteroatoms. The first-order valence-corrected chi connectivity index (χ1v) is 8.53. The van der Waals surface area contributed by atoms with Gasteiger partial charge in [0.1, 0.15) is 0 Å². The Labute approximate surface area is 99.4 Å². The summed E-state index contributed by atoms with van der Waals surface area (Å²) in [6.45, 7) is 2.24. The van der Waals surface area contributed by atoms with Gasteiger partial charge in [0, 0.05) is 0 Å². The number of halogens is 2. The van der Waals surface area contributed by atoms with Crippen LogP contribution in [0.2, 0.25) is 0 Å². The van der Waals surface area contributed by atoms with Crippen molar-refractivity contribution in [1.82, 2.24) is 0 Å². The average molecular weight is 255 g/mol. The third kappa shape index (κ3) is 2.62. The molecule has 0 aromatic rings. The van der Waals surface area contributed by atoms with Gasteiger partial charge in [-0.3, -0.25) is 0 Å². The zero-order valence-electron chi connectivity index (χ0n) is 9.06. The van der Waals surface area contributed by atoms with Crippen molar-refractivity contribution in [3.63, 3.8) is 0 Å². The summed E-state index contributed by atoms with van der Waals surface area (Å²) in [5, 5.41) is 0. The van der Waals surface area contributed by atoms with Crippen LogP contribution in [0.15, 0.2) is 11.0 Å². The molecule has 0 aromatic heterocycles. The van der Waals surface area contributed by atoms with E-state index in [9.17, 15) is 0 Å². The van der Waals surface area contributed by atoms with E-state index in [1.807, 2.05) is 0 Å². The minimum atomic E-state index is -0.751. The molecule has 1 heterocycles. The second kappa shape index (κ2) is 5.67. The highest BCUT2D eigenvalue weighted by molar-refractivity contribution is 8.37. The number of rotatable bonds is 5. The van der Waals surface area contributed by atoms with Crippen LogP contribution in [0.1, 0.15) is 32.6 Å². The van der Waals surface area contributed by atoms with Gasteiger partial charge in [-0.1, -0.05) is 25.8 Å². The van der Waals surface area contributed by atoms with E-state index >= 15 is 0 Å². The lowest BCUT2D eigenvalue weighted by Gasteiger charge is -2.37. The maximum Gasteiger partial charge on any atom is 0.0705 e. The predicted octanol–water partition coefficient (Wildman–Crippen LogP) is 4.70. The van der Waals surface area contributed by atoms with Crippen molar-refractivity contribution in [3.05, 3.63) is 11.0 Å². The molecule has 0 amide bonds. The molecule has 14 heavy (non-hydrogen) atoms. The van der Waals surface area contributed by atoms with Crippen LogP contribution < -0.4 is 0 Å². The summed E-state index contributed by atoms with van der Waals surface area (Å²) >= 11 is 12.4. The molecular weight excluding hydrogens is 235 g/mol. The quantitative estimate of drug-likeness (QED) is 0.493. The highest BCUT2D eigenvalue weighted by Gasteiger charge is 2.34. The topological polar surface area (TPSA) is 0 Å². The Bertz CT molecular complexity index is 215. The van der Waals surface area contributed by atoms with Gasteiger partial charge in [0.25, 0.3) is 0 Å². The van der Waals surface area contributed by atoms with Gasteiger partial charge in [-0.15, -0.1) is 23.2 Å². The van der Waals surface area contributed by atoms with Gasteiger partial charge in [0.15, 0.2) is 0 Å². The van der Waals surface area contributed by atoms with Crippen LogP contribution in [0.25, 0.3) is 0 Å². The third-order valence-corrected chi connectivity index (χ3v) is 8.77. The fourth-order valence-corrected chi connectivity index (χ4v) is 6.34. The van der Waals surface area contributed by atoms with E-state index in [0.29, 0.717) is 10.6 Å². The average Bonchev–Trinajstić information content (AvgIpc) is 2.44. The van der Waals surface area contributed by atoms with Gasteiger partial charge in [0.2, 0.25) is 0 Å². The van der Waals surface area contributed by atoms with E-state index < -0.39 is 10.0 Å². The van der Waals surface area contributed by atoms with Crippen molar-refractivity contribution >= 4 is 33.2 Å². The number of alkyl halides is 2. The van der Waals surface area contributed by atoms with E-state index in [1.54, 1.807) is 0 Å². The summed E-state index contributed by atoms with van der Waals surface area (Å²) in [7, 11) is -0.751. The SMILES string of the molecule is CCCCCS1(C)C(CCl)=CCC1Cl. The Balaban J connectivity index is 2.55. The van der Waals surface area contributed by atoms with E-state index in [1.165, 1.54) is 29.9 Å². The fraction of sp³-hybridized carbons (Fsp3) is 0.818. The molecule has 1 rings (SSSR count). The second-order valence-electron chi connectivity index (χ2n) is 4.02. The zero-order valence-corrected chi connectivity index (χ0v) is 11.4. The Morgan fingerprint density at radius 1 is 1.50 bits per heavy atom. The molecule has 0 radical (unpaired) electrons. The molecule has 84 valence electrons. The van der Waals surface area contributed by atoms with Gasteiger partial charge >= 0.3 is 0 Å². The molecule has 0 fully saturated rings. The first-order chi connectivity index (χ1) is 6.65. The molecule has 2 atom stereocenters. The Morgan fingerprint density at radius 3 is 2.79 bits per heavy atom. The maximum atomic E-state index is 6.40. The van der Waals surface area contributed by atoms with E-state index in [4.69, 9.17) is 23.2 Å². The van der Waals surface area contributed by atoms with Crippen molar-refractivity contribution < 1.29 is 0 Å². The second-order valence-corrected chi connectivity index (χ2v) is 8.89. The third-order valence-electron chi connectivity index (χ3n) is 3.00. The molecule has 0 aromatic carbocycles. The van der Waals surface area contributed by atoms with Crippen molar-refractivity contribution in [3.8, 4) is 0 Å². The largest absolute Gasteiger partial charge is 0.204 e. The monoisotopic (exact) mass is 254 g/mol. The van der Waals surface area contributed by atoms with Crippen molar-refractivity contribution in [2.75, 3.05) is 17.9 Å². The minimum absolute atomic E-state index is 0.341. The first-order valence-electron chi connectivity index (χ1n) is 5.29. The zero-order chi connectivity index (χ0) is 10.6. The summed E-state index contributed by atoms with van der Waals surface area (Å²) in [6.07, 6.45) is 9.55. The number of unbranched alkanes of at least 4 members (excludes halogenated alkanes) is 2. The van der Waals surface area contributed by atoms with E-state index in [0.717, 1.165) is 6.42 Å². The molecule has 0 saturated heterocycles. The van der Waals surface area contributed by atoms with Crippen molar-refractivity contribution in [2.45, 2.75) is 37.3 Å². The highest BCUT2D eigenvalue weighted by atomic mass is 35.5. The van der Waals surface area contributed by atoms with Crippen LogP contribution >= 0.6 is 33.2 Å². The molecule has 2 unspecified atom stereocenters. The van der Waals surface area contributed by atoms with Crippen LogP contribution in [-0.2, 0) is 0 Å². The molecule has 0 N–H and O–H groups in total. The highest BCUT2D eigenvalue weighted by Crippen LogP contribution is 2.63. The normalized spacial score (nSPS) is 36.6. The molecule has 0 bridgehead atoms. The molecule has 0 saturated carbocycles. The molecule has 0 spiro atoms. The summed E-state index contributed by atoms with van der Waals surface area (Å²) in [5.41, 5.74) is 0. The molecular formula is C11H20Cl2S. The smallest absolute Gasteiger partial charge is 0.0705 e. The Morgan fingerprint density at radius 2 is 2.21 bits per heavy atom. The Hall–Kier alpha value is 0.670. The van der Waals surface area contributed by atoms with Crippen LogP contribution in [0.5, 0.6) is 0 Å². The Kier molecular flexibility index (Phi) is 5.16. The van der Waals surface area contributed by atoms with Gasteiger partial charge in [-0.25, -0.2) is 10.0 Å². The number of hydrogen-bond donors (Lipinski definition) is 0. The summed E-state index contributed by atoms with van der Waals surface area (Å²) < 4.78 is 0.341. The lowest BCUT2D eigenvalue weighted by Crippen LogP contribution is -2.12. The molecule has 1 aliphatic heterocycles. The summed E-state index contributed by atoms with van der Waals surface area (Å²) in [4.78, 5) is 1.44. The van der Waals surface area contributed by atoms with Crippen LogP contribution in [0.4, 0.5) is 0 Å². The van der Waals surface area contributed by atoms with E-state index in [2.05, 4.69) is 19.3 Å². The first kappa shape index (κ1) is 12.7. The van der Waals surface area contributed by atoms with Gasteiger partial charge < -0.3 is 0 Å². The van der Waals surface area contributed by atoms with Crippen LogP contribution in [0.3, 0.4) is 0 Å². The standard InChI is InChI=1S/C11H20Cl2S/c1-3-4-5-8-14(2)10(9-12)6-7-11(14)13/h6,11H,3-5,7-9H2,1-2H3.